The molecule has 0 saturated carbocycles. The molecule has 0 saturated heterocycles. The Morgan fingerprint density at radius 1 is 1.44 bits per heavy atom. The van der Waals surface area contributed by atoms with E-state index in [4.69, 9.17) is 0 Å². The van der Waals surface area contributed by atoms with E-state index in [0.717, 1.165) is 6.07 Å². The van der Waals surface area contributed by atoms with Gasteiger partial charge in [-0.25, -0.2) is 9.78 Å². The molecule has 2 aromatic rings. The number of imidazole rings is 1. The third kappa shape index (κ3) is 2.14. The summed E-state index contributed by atoms with van der Waals surface area (Å²) in [4.78, 5) is 30.2. The van der Waals surface area contributed by atoms with Crippen LogP contribution in [-0.4, -0.2) is 20.9 Å². The van der Waals surface area contributed by atoms with E-state index in [1.165, 1.54) is 18.3 Å². The van der Waals surface area contributed by atoms with Crippen molar-refractivity contribution < 1.29 is 9.18 Å². The molecule has 0 spiro atoms. The summed E-state index contributed by atoms with van der Waals surface area (Å²) in [5, 5.41) is 2.33. The van der Waals surface area contributed by atoms with Crippen LogP contribution in [0.4, 0.5) is 10.2 Å². The smallest absolute Gasteiger partial charge is 0.312 e. The highest BCUT2D eigenvalue weighted by molar-refractivity contribution is 6.02. The quantitative estimate of drug-likeness (QED) is 0.646. The molecule has 2 rings (SSSR count). The predicted molar refractivity (Wildman–Crippen MR) is 53.6 cm³/mol. The van der Waals surface area contributed by atoms with E-state index in [1.807, 2.05) is 0 Å². The second-order valence-electron chi connectivity index (χ2n) is 2.96. The van der Waals surface area contributed by atoms with E-state index in [2.05, 4.69) is 20.3 Å². The van der Waals surface area contributed by atoms with Crippen molar-refractivity contribution in [1.82, 2.24) is 15.0 Å². The minimum Gasteiger partial charge on any atom is -0.312 e. The van der Waals surface area contributed by atoms with Gasteiger partial charge in [0.1, 0.15) is 11.5 Å². The number of carbonyl (C=O) groups excluding carboxylic acids is 1. The van der Waals surface area contributed by atoms with Crippen molar-refractivity contribution in [3.05, 3.63) is 46.5 Å². The maximum atomic E-state index is 12.7. The molecule has 82 valence electrons. The zero-order valence-electron chi connectivity index (χ0n) is 7.95. The molecule has 0 atom stereocenters. The topological polar surface area (TPSA) is 90.6 Å². The molecule has 0 aromatic carbocycles. The second-order valence-corrected chi connectivity index (χ2v) is 2.96. The van der Waals surface area contributed by atoms with Gasteiger partial charge < -0.3 is 15.3 Å². The molecule has 3 N–H and O–H groups in total. The first-order valence-electron chi connectivity index (χ1n) is 4.37. The monoisotopic (exact) mass is 222 g/mol. The van der Waals surface area contributed by atoms with Gasteiger partial charge in [0.25, 0.3) is 5.91 Å². The normalized spacial score (nSPS) is 10.1. The maximum absolute atomic E-state index is 12.7. The first-order valence-corrected chi connectivity index (χ1v) is 4.37. The Balaban J connectivity index is 2.16. The zero-order chi connectivity index (χ0) is 11.5. The van der Waals surface area contributed by atoms with E-state index in [1.54, 1.807) is 0 Å². The lowest BCUT2D eigenvalue weighted by atomic mass is 10.4. The fraction of sp³-hybridized carbons (Fsp3) is 0. The highest BCUT2D eigenvalue weighted by Crippen LogP contribution is 2.04. The molecule has 0 aliphatic carbocycles. The Labute approximate surface area is 88.5 Å². The fourth-order valence-electron chi connectivity index (χ4n) is 1.12. The van der Waals surface area contributed by atoms with Crippen LogP contribution in [0.1, 0.15) is 10.5 Å². The lowest BCUT2D eigenvalue weighted by Gasteiger charge is -2.01. The second kappa shape index (κ2) is 3.97. The number of halogens is 1. The number of nitrogens with zero attached hydrogens (tertiary/aromatic N) is 1. The molecule has 0 unspecified atom stereocenters. The Hall–Kier alpha value is -2.44. The minimum absolute atomic E-state index is 0.0519. The Morgan fingerprint density at radius 2 is 2.25 bits per heavy atom. The van der Waals surface area contributed by atoms with Gasteiger partial charge in [0, 0.05) is 6.20 Å². The minimum atomic E-state index is -0.694. The van der Waals surface area contributed by atoms with Crippen LogP contribution in [-0.2, 0) is 0 Å². The molecule has 0 fully saturated rings. The van der Waals surface area contributed by atoms with Gasteiger partial charge in [-0.15, -0.1) is 0 Å². The summed E-state index contributed by atoms with van der Waals surface area (Å²) < 4.78 is 12.7. The van der Waals surface area contributed by atoms with E-state index in [9.17, 15) is 14.0 Å². The van der Waals surface area contributed by atoms with Crippen LogP contribution in [0.15, 0.2) is 29.2 Å². The molecular weight excluding hydrogens is 215 g/mol. The highest BCUT2D eigenvalue weighted by atomic mass is 19.1. The maximum Gasteiger partial charge on any atom is 0.323 e. The number of aromatic amines is 2. The largest absolute Gasteiger partial charge is 0.323 e. The third-order valence-corrected chi connectivity index (χ3v) is 1.80. The molecule has 2 heterocycles. The number of nitrogens with one attached hydrogen (secondary N) is 3. The lowest BCUT2D eigenvalue weighted by Crippen LogP contribution is -2.15. The van der Waals surface area contributed by atoms with Crippen LogP contribution >= 0.6 is 0 Å². The van der Waals surface area contributed by atoms with Crippen molar-refractivity contribution in [2.75, 3.05) is 5.32 Å². The number of amides is 1. The summed E-state index contributed by atoms with van der Waals surface area (Å²) in [6.07, 6.45) is 1.22. The van der Waals surface area contributed by atoms with Gasteiger partial charge in [-0.3, -0.25) is 4.79 Å². The average molecular weight is 222 g/mol. The summed E-state index contributed by atoms with van der Waals surface area (Å²) in [5.41, 5.74) is -0.437. The van der Waals surface area contributed by atoms with Crippen molar-refractivity contribution in [3.8, 4) is 0 Å². The number of H-pyrrole nitrogens is 2. The molecule has 0 aliphatic heterocycles. The van der Waals surface area contributed by atoms with Crippen LogP contribution < -0.4 is 11.0 Å². The van der Waals surface area contributed by atoms with Crippen LogP contribution in [0.25, 0.3) is 0 Å². The van der Waals surface area contributed by atoms with Gasteiger partial charge in [0.05, 0.1) is 0 Å². The molecule has 2 aromatic heterocycles. The van der Waals surface area contributed by atoms with E-state index in [0.29, 0.717) is 0 Å². The van der Waals surface area contributed by atoms with E-state index < -0.39 is 17.5 Å². The summed E-state index contributed by atoms with van der Waals surface area (Å²) >= 11 is 0. The van der Waals surface area contributed by atoms with Crippen molar-refractivity contribution >= 4 is 11.7 Å². The van der Waals surface area contributed by atoms with Crippen molar-refractivity contribution in [1.29, 1.82) is 0 Å². The summed E-state index contributed by atoms with van der Waals surface area (Å²) in [7, 11) is 0. The number of carbonyl (C=O) groups is 1. The van der Waals surface area contributed by atoms with Crippen molar-refractivity contribution in [2.45, 2.75) is 0 Å². The molecule has 16 heavy (non-hydrogen) atoms. The van der Waals surface area contributed by atoms with Gasteiger partial charge in [0.2, 0.25) is 5.95 Å². The highest BCUT2D eigenvalue weighted by Gasteiger charge is 2.08. The van der Waals surface area contributed by atoms with Gasteiger partial charge in [-0.2, -0.15) is 4.39 Å². The Kier molecular flexibility index (Phi) is 2.50. The van der Waals surface area contributed by atoms with Crippen LogP contribution in [0.3, 0.4) is 0 Å². The predicted octanol–water partition coefficient (Wildman–Crippen LogP) is 0.489. The standard InChI is InChI=1S/C9H7FN4O2/c10-6-2-1-3-7(13-6)14-8(15)5-4-11-9(16)12-5/h1-4H,(H2,11,12,16)(H,13,14,15). The third-order valence-electron chi connectivity index (χ3n) is 1.80. The SMILES string of the molecule is O=C(Nc1cccc(F)n1)c1c[nH]c(=O)[nH]1. The Bertz CT molecular complexity index is 575. The van der Waals surface area contributed by atoms with Crippen LogP contribution in [0.2, 0.25) is 0 Å². The van der Waals surface area contributed by atoms with Gasteiger partial charge >= 0.3 is 5.69 Å². The van der Waals surface area contributed by atoms with Gasteiger partial charge in [0.15, 0.2) is 0 Å². The molecule has 7 heteroatoms. The van der Waals surface area contributed by atoms with Crippen LogP contribution in [0, 0.1) is 5.95 Å². The van der Waals surface area contributed by atoms with Gasteiger partial charge in [-0.1, -0.05) is 6.07 Å². The number of aromatic nitrogens is 3. The van der Waals surface area contributed by atoms with E-state index >= 15 is 0 Å². The number of pyridine rings is 1. The molecule has 0 aliphatic rings. The molecule has 0 bridgehead atoms. The average Bonchev–Trinajstić information content (AvgIpc) is 2.65. The first-order chi connectivity index (χ1) is 7.65. The summed E-state index contributed by atoms with van der Waals surface area (Å²) in [5.74, 6) is -1.19. The number of hydrogen-bond donors (Lipinski definition) is 3. The molecule has 1 amide bonds. The number of anilines is 1. The van der Waals surface area contributed by atoms with E-state index in [-0.39, 0.29) is 11.5 Å². The van der Waals surface area contributed by atoms with Gasteiger partial charge in [-0.05, 0) is 12.1 Å². The molecule has 0 radical (unpaired) electrons. The fourth-order valence-corrected chi connectivity index (χ4v) is 1.12. The lowest BCUT2D eigenvalue weighted by molar-refractivity contribution is 0.102. The number of hydrogen-bond acceptors (Lipinski definition) is 3. The molecule has 6 nitrogen and oxygen atoms in total. The van der Waals surface area contributed by atoms with Crippen molar-refractivity contribution in [3.63, 3.8) is 0 Å². The first kappa shape index (κ1) is 10.1. The summed E-state index contributed by atoms with van der Waals surface area (Å²) in [6, 6.07) is 4.01. The van der Waals surface area contributed by atoms with Crippen molar-refractivity contribution in [2.24, 2.45) is 0 Å². The molecular formula is C9H7FN4O2. The van der Waals surface area contributed by atoms with Crippen LogP contribution in [0.5, 0.6) is 0 Å². The number of rotatable bonds is 2. The zero-order valence-corrected chi connectivity index (χ0v) is 7.95. The summed E-state index contributed by atoms with van der Waals surface area (Å²) in [6.45, 7) is 0. The Morgan fingerprint density at radius 3 is 2.88 bits per heavy atom.